The molecule has 0 amide bonds. The highest BCUT2D eigenvalue weighted by atomic mass is 35.5. The van der Waals surface area contributed by atoms with E-state index in [9.17, 15) is 16.8 Å². The maximum atomic E-state index is 13.3. The van der Waals surface area contributed by atoms with Crippen LogP contribution in [0.2, 0.25) is 5.02 Å². The van der Waals surface area contributed by atoms with Crippen molar-refractivity contribution in [2.75, 3.05) is 11.0 Å². The van der Waals surface area contributed by atoms with Gasteiger partial charge < -0.3 is 4.42 Å². The fourth-order valence-corrected chi connectivity index (χ4v) is 5.34. The zero-order valence-corrected chi connectivity index (χ0v) is 18.7. The Morgan fingerprint density at radius 3 is 2.29 bits per heavy atom. The van der Waals surface area contributed by atoms with Crippen LogP contribution in [0.1, 0.15) is 23.8 Å². The fraction of sp³-hybridized carbons (Fsp3) is 0.150. The van der Waals surface area contributed by atoms with E-state index in [2.05, 4.69) is 9.82 Å². The number of nitrogens with zero attached hydrogens (tertiary/aromatic N) is 2. The summed E-state index contributed by atoms with van der Waals surface area (Å²) in [7, 11) is -7.37. The minimum Gasteiger partial charge on any atom is -0.467 e. The third kappa shape index (κ3) is 4.60. The Morgan fingerprint density at radius 1 is 1.03 bits per heavy atom. The highest BCUT2D eigenvalue weighted by Crippen LogP contribution is 2.37. The lowest BCUT2D eigenvalue weighted by molar-refractivity contribution is 0.320. The Hall–Kier alpha value is -2.82. The molecular formula is C20H18ClN3O5S2. The van der Waals surface area contributed by atoms with Gasteiger partial charge in [-0.3, -0.25) is 4.72 Å². The molecule has 31 heavy (non-hydrogen) atoms. The Balaban J connectivity index is 1.71. The molecule has 11 heteroatoms. The second kappa shape index (κ2) is 8.03. The topological polar surface area (TPSA) is 109 Å². The normalized spacial score (nSPS) is 16.9. The summed E-state index contributed by atoms with van der Waals surface area (Å²) in [4.78, 5) is 0.0613. The van der Waals surface area contributed by atoms with Gasteiger partial charge in [-0.1, -0.05) is 23.7 Å². The number of sulfonamides is 2. The predicted octanol–water partition coefficient (Wildman–Crippen LogP) is 3.84. The Kier molecular flexibility index (Phi) is 5.54. The third-order valence-corrected chi connectivity index (χ3v) is 7.18. The maximum Gasteiger partial charge on any atom is 0.279 e. The van der Waals surface area contributed by atoms with Crippen LogP contribution in [-0.4, -0.2) is 33.2 Å². The van der Waals surface area contributed by atoms with Crippen molar-refractivity contribution in [3.8, 4) is 0 Å². The van der Waals surface area contributed by atoms with Crippen molar-refractivity contribution in [1.29, 1.82) is 0 Å². The molecule has 162 valence electrons. The second-order valence-corrected chi connectivity index (χ2v) is 10.9. The number of hydrogen-bond acceptors (Lipinski definition) is 6. The molecule has 0 spiro atoms. The lowest BCUT2D eigenvalue weighted by Crippen LogP contribution is -2.27. The molecule has 1 atom stereocenters. The summed E-state index contributed by atoms with van der Waals surface area (Å²) in [6.45, 7) is 0. The van der Waals surface area contributed by atoms with Gasteiger partial charge in [0, 0.05) is 17.1 Å². The van der Waals surface area contributed by atoms with E-state index in [1.54, 1.807) is 36.4 Å². The van der Waals surface area contributed by atoms with Gasteiger partial charge >= 0.3 is 0 Å². The molecule has 2 heterocycles. The van der Waals surface area contributed by atoms with Crippen LogP contribution in [0, 0.1) is 0 Å². The van der Waals surface area contributed by atoms with E-state index in [-0.39, 0.29) is 4.90 Å². The quantitative estimate of drug-likeness (QED) is 0.577. The first-order valence-electron chi connectivity index (χ1n) is 9.12. The molecule has 0 saturated carbocycles. The Morgan fingerprint density at radius 2 is 1.71 bits per heavy atom. The van der Waals surface area contributed by atoms with E-state index in [0.29, 0.717) is 34.2 Å². The zero-order valence-electron chi connectivity index (χ0n) is 16.3. The molecule has 0 unspecified atom stereocenters. The first kappa shape index (κ1) is 21.4. The van der Waals surface area contributed by atoms with Crippen molar-refractivity contribution >= 4 is 43.0 Å². The van der Waals surface area contributed by atoms with E-state index in [4.69, 9.17) is 16.0 Å². The van der Waals surface area contributed by atoms with Gasteiger partial charge in [-0.05, 0) is 54.1 Å². The molecule has 1 aromatic heterocycles. The van der Waals surface area contributed by atoms with Crippen molar-refractivity contribution in [2.45, 2.75) is 17.4 Å². The van der Waals surface area contributed by atoms with Crippen LogP contribution in [0.15, 0.2) is 81.3 Å². The molecule has 1 aliphatic rings. The minimum absolute atomic E-state index is 0.0613. The number of hydrogen-bond donors (Lipinski definition) is 1. The predicted molar refractivity (Wildman–Crippen MR) is 118 cm³/mol. The summed E-state index contributed by atoms with van der Waals surface area (Å²) < 4.78 is 58.3. The van der Waals surface area contributed by atoms with Gasteiger partial charge in [-0.25, -0.2) is 8.42 Å². The second-order valence-electron chi connectivity index (χ2n) is 6.97. The molecule has 0 radical (unpaired) electrons. The van der Waals surface area contributed by atoms with Gasteiger partial charge in [0.05, 0.1) is 23.1 Å². The highest BCUT2D eigenvalue weighted by molar-refractivity contribution is 7.92. The molecule has 4 rings (SSSR count). The molecule has 0 fully saturated rings. The summed E-state index contributed by atoms with van der Waals surface area (Å²) >= 11 is 5.89. The molecule has 1 N–H and O–H groups in total. The molecule has 1 aliphatic heterocycles. The van der Waals surface area contributed by atoms with E-state index in [1.165, 1.54) is 30.5 Å². The molecule has 0 bridgehead atoms. The van der Waals surface area contributed by atoms with Crippen LogP contribution in [0.25, 0.3) is 0 Å². The highest BCUT2D eigenvalue weighted by Gasteiger charge is 2.39. The van der Waals surface area contributed by atoms with E-state index in [0.717, 1.165) is 10.7 Å². The SMILES string of the molecule is CS(=O)(=O)Nc1ccc(C2=NN(S(=O)(=O)c3ccc(Cl)cc3)[C@@H](c3ccco3)C2)cc1. The summed E-state index contributed by atoms with van der Waals surface area (Å²) in [6.07, 6.45) is 2.83. The number of rotatable bonds is 6. The van der Waals surface area contributed by atoms with Gasteiger partial charge in [-0.2, -0.15) is 17.9 Å². The van der Waals surface area contributed by atoms with Gasteiger partial charge in [0.1, 0.15) is 11.8 Å². The fourth-order valence-electron chi connectivity index (χ4n) is 3.24. The molecule has 0 aliphatic carbocycles. The van der Waals surface area contributed by atoms with Crippen LogP contribution in [0.5, 0.6) is 0 Å². The standard InChI is InChI=1S/C20H18ClN3O5S2/c1-30(25,26)23-16-8-4-14(5-9-16)18-13-19(20-3-2-12-29-20)24(22-18)31(27,28)17-10-6-15(21)7-11-17/h2-12,19,23H,13H2,1H3/t19-/m1/s1. The van der Waals surface area contributed by atoms with Gasteiger partial charge in [-0.15, -0.1) is 0 Å². The van der Waals surface area contributed by atoms with E-state index < -0.39 is 26.1 Å². The van der Waals surface area contributed by atoms with Crippen LogP contribution in [0.4, 0.5) is 5.69 Å². The Labute approximate surface area is 185 Å². The van der Waals surface area contributed by atoms with E-state index in [1.807, 2.05) is 0 Å². The molecular weight excluding hydrogens is 462 g/mol. The van der Waals surface area contributed by atoms with Crippen LogP contribution in [-0.2, 0) is 20.0 Å². The number of halogens is 1. The maximum absolute atomic E-state index is 13.3. The first-order valence-corrected chi connectivity index (χ1v) is 12.8. The number of anilines is 1. The van der Waals surface area contributed by atoms with Crippen LogP contribution >= 0.6 is 11.6 Å². The summed E-state index contributed by atoms with van der Waals surface area (Å²) in [5, 5.41) is 4.83. The summed E-state index contributed by atoms with van der Waals surface area (Å²) in [5.74, 6) is 0.464. The van der Waals surface area contributed by atoms with Gasteiger partial charge in [0.2, 0.25) is 10.0 Å². The van der Waals surface area contributed by atoms with Gasteiger partial charge in [0.25, 0.3) is 10.0 Å². The monoisotopic (exact) mass is 479 g/mol. The molecule has 2 aromatic carbocycles. The first-order chi connectivity index (χ1) is 14.6. The van der Waals surface area contributed by atoms with E-state index >= 15 is 0 Å². The lowest BCUT2D eigenvalue weighted by atomic mass is 10.0. The largest absolute Gasteiger partial charge is 0.467 e. The Bertz CT molecular complexity index is 1320. The van der Waals surface area contributed by atoms with Crippen LogP contribution in [0.3, 0.4) is 0 Å². The average Bonchev–Trinajstić information content (AvgIpc) is 3.38. The van der Waals surface area contributed by atoms with Crippen molar-refractivity contribution in [3.63, 3.8) is 0 Å². The number of furan rings is 1. The van der Waals surface area contributed by atoms with Crippen LogP contribution < -0.4 is 4.72 Å². The van der Waals surface area contributed by atoms with Crippen molar-refractivity contribution in [2.24, 2.45) is 5.10 Å². The number of benzene rings is 2. The van der Waals surface area contributed by atoms with Crippen molar-refractivity contribution < 1.29 is 21.3 Å². The molecule has 8 nitrogen and oxygen atoms in total. The summed E-state index contributed by atoms with van der Waals surface area (Å²) in [6, 6.07) is 15.2. The van der Waals surface area contributed by atoms with Gasteiger partial charge in [0.15, 0.2) is 0 Å². The zero-order chi connectivity index (χ0) is 22.2. The van der Waals surface area contributed by atoms with Crippen molar-refractivity contribution in [1.82, 2.24) is 4.41 Å². The minimum atomic E-state index is -3.97. The molecule has 0 saturated heterocycles. The smallest absolute Gasteiger partial charge is 0.279 e. The summed E-state index contributed by atoms with van der Waals surface area (Å²) in [5.41, 5.74) is 1.60. The molecule has 3 aromatic rings. The average molecular weight is 480 g/mol. The number of nitrogens with one attached hydrogen (secondary N) is 1. The third-order valence-electron chi connectivity index (χ3n) is 4.62. The number of hydrazone groups is 1. The lowest BCUT2D eigenvalue weighted by Gasteiger charge is -2.21. The van der Waals surface area contributed by atoms with Crippen molar-refractivity contribution in [3.05, 3.63) is 83.3 Å².